The Balaban J connectivity index is 1.41. The molecular formula is C24H32N2O5. The first-order chi connectivity index (χ1) is 14.8. The van der Waals surface area contributed by atoms with E-state index in [9.17, 15) is 14.7 Å². The van der Waals surface area contributed by atoms with Crippen LogP contribution in [0.3, 0.4) is 0 Å². The van der Waals surface area contributed by atoms with Gasteiger partial charge in [-0.25, -0.2) is 4.79 Å². The molecule has 0 spiro atoms. The second-order valence-electron chi connectivity index (χ2n) is 9.15. The van der Waals surface area contributed by atoms with E-state index in [1.165, 1.54) is 12.8 Å². The van der Waals surface area contributed by atoms with E-state index >= 15 is 0 Å². The highest BCUT2D eigenvalue weighted by molar-refractivity contribution is 5.88. The highest BCUT2D eigenvalue weighted by atomic mass is 16.5. The Morgan fingerprint density at radius 2 is 1.77 bits per heavy atom. The molecule has 1 aromatic carbocycles. The molecule has 2 aliphatic heterocycles. The number of likely N-dealkylation sites (tertiary alicyclic amines) is 2. The van der Waals surface area contributed by atoms with Crippen molar-refractivity contribution in [3.63, 3.8) is 0 Å². The van der Waals surface area contributed by atoms with Gasteiger partial charge in [0.2, 0.25) is 0 Å². The maximum Gasteiger partial charge on any atom is 0.339 e. The SMILES string of the molecule is Cc1cc(OCC(=O)N2CCC(O)(CN3CCCC3)CC2)c2c(C)c(C)c(=O)oc2c1. The van der Waals surface area contributed by atoms with Crippen molar-refractivity contribution >= 4 is 16.9 Å². The van der Waals surface area contributed by atoms with Crippen molar-refractivity contribution < 1.29 is 19.1 Å². The van der Waals surface area contributed by atoms with Crippen LogP contribution in [0.4, 0.5) is 0 Å². The lowest BCUT2D eigenvalue weighted by Crippen LogP contribution is -2.52. The first-order valence-electron chi connectivity index (χ1n) is 11.2. The Morgan fingerprint density at radius 1 is 1.10 bits per heavy atom. The molecule has 7 nitrogen and oxygen atoms in total. The van der Waals surface area contributed by atoms with E-state index in [4.69, 9.17) is 9.15 Å². The van der Waals surface area contributed by atoms with Crippen LogP contribution < -0.4 is 10.4 Å². The van der Waals surface area contributed by atoms with Gasteiger partial charge in [-0.15, -0.1) is 0 Å². The van der Waals surface area contributed by atoms with Crippen molar-refractivity contribution in [1.29, 1.82) is 0 Å². The molecular weight excluding hydrogens is 396 g/mol. The van der Waals surface area contributed by atoms with E-state index < -0.39 is 5.60 Å². The Hall–Kier alpha value is -2.38. The topological polar surface area (TPSA) is 83.2 Å². The van der Waals surface area contributed by atoms with E-state index in [2.05, 4.69) is 4.90 Å². The minimum atomic E-state index is -0.707. The Bertz CT molecular complexity index is 1030. The molecule has 1 amide bonds. The predicted octanol–water partition coefficient (Wildman–Crippen LogP) is 2.55. The lowest BCUT2D eigenvalue weighted by atomic mass is 9.91. The fourth-order valence-electron chi connectivity index (χ4n) is 4.72. The molecule has 1 N–H and O–H groups in total. The number of aryl methyl sites for hydroxylation is 2. The molecule has 2 fully saturated rings. The third-order valence-electron chi connectivity index (χ3n) is 6.77. The van der Waals surface area contributed by atoms with E-state index in [0.29, 0.717) is 49.4 Å². The van der Waals surface area contributed by atoms with Crippen molar-refractivity contribution in [3.05, 3.63) is 39.2 Å². The highest BCUT2D eigenvalue weighted by Crippen LogP contribution is 2.31. The van der Waals surface area contributed by atoms with Crippen LogP contribution in [-0.2, 0) is 4.79 Å². The molecule has 168 valence electrons. The number of benzene rings is 1. The number of rotatable bonds is 5. The van der Waals surface area contributed by atoms with Gasteiger partial charge in [0.05, 0.1) is 11.0 Å². The zero-order valence-electron chi connectivity index (χ0n) is 18.7. The van der Waals surface area contributed by atoms with Gasteiger partial charge in [-0.1, -0.05) is 0 Å². The predicted molar refractivity (Wildman–Crippen MR) is 119 cm³/mol. The summed E-state index contributed by atoms with van der Waals surface area (Å²) in [7, 11) is 0. The Kier molecular flexibility index (Phi) is 6.08. The van der Waals surface area contributed by atoms with Crippen LogP contribution in [-0.4, -0.2) is 65.7 Å². The first kappa shape index (κ1) is 21.8. The minimum absolute atomic E-state index is 0.0826. The van der Waals surface area contributed by atoms with Crippen LogP contribution in [0.25, 0.3) is 11.0 Å². The van der Waals surface area contributed by atoms with Crippen LogP contribution in [0.5, 0.6) is 5.75 Å². The normalized spacial score (nSPS) is 19.2. The summed E-state index contributed by atoms with van der Waals surface area (Å²) in [6, 6.07) is 3.68. The number of β-amino-alcohol motifs (C(OH)–C–C–N with tert-alkyl or cyclic N) is 1. The lowest BCUT2D eigenvalue weighted by Gasteiger charge is -2.40. The number of nitrogens with zero attached hydrogens (tertiary/aromatic N) is 2. The van der Waals surface area contributed by atoms with Crippen molar-refractivity contribution in [2.24, 2.45) is 0 Å². The lowest BCUT2D eigenvalue weighted by molar-refractivity contribution is -0.138. The van der Waals surface area contributed by atoms with E-state index in [0.717, 1.165) is 29.6 Å². The number of hydrogen-bond acceptors (Lipinski definition) is 6. The van der Waals surface area contributed by atoms with Gasteiger partial charge in [-0.3, -0.25) is 4.79 Å². The molecule has 3 heterocycles. The molecule has 0 aliphatic carbocycles. The van der Waals surface area contributed by atoms with Crippen molar-refractivity contribution in [3.8, 4) is 5.75 Å². The average molecular weight is 429 g/mol. The molecule has 0 saturated carbocycles. The van der Waals surface area contributed by atoms with Gasteiger partial charge in [0.25, 0.3) is 5.91 Å². The zero-order valence-corrected chi connectivity index (χ0v) is 18.7. The number of amides is 1. The number of piperidine rings is 1. The molecule has 31 heavy (non-hydrogen) atoms. The summed E-state index contributed by atoms with van der Waals surface area (Å²) in [4.78, 5) is 28.9. The first-order valence-corrected chi connectivity index (χ1v) is 11.2. The van der Waals surface area contributed by atoms with E-state index in [1.807, 2.05) is 26.0 Å². The molecule has 7 heteroatoms. The smallest absolute Gasteiger partial charge is 0.339 e. The van der Waals surface area contributed by atoms with Crippen molar-refractivity contribution in [2.75, 3.05) is 39.3 Å². The molecule has 4 rings (SSSR count). The van der Waals surface area contributed by atoms with Crippen molar-refractivity contribution in [1.82, 2.24) is 9.80 Å². The molecule has 0 radical (unpaired) electrons. The summed E-state index contributed by atoms with van der Waals surface area (Å²) >= 11 is 0. The fraction of sp³-hybridized carbons (Fsp3) is 0.583. The van der Waals surface area contributed by atoms with E-state index in [1.54, 1.807) is 11.8 Å². The summed E-state index contributed by atoms with van der Waals surface area (Å²) in [6.07, 6.45) is 3.58. The summed E-state index contributed by atoms with van der Waals surface area (Å²) in [5.74, 6) is 0.458. The quantitative estimate of drug-likeness (QED) is 0.737. The molecule has 0 unspecified atom stereocenters. The Labute approximate surface area is 182 Å². The number of fused-ring (bicyclic) bond motifs is 1. The largest absolute Gasteiger partial charge is 0.483 e. The fourth-order valence-corrected chi connectivity index (χ4v) is 4.72. The number of aliphatic hydroxyl groups is 1. The molecule has 1 aromatic heterocycles. The summed E-state index contributed by atoms with van der Waals surface area (Å²) in [5.41, 5.74) is 1.65. The Morgan fingerprint density at radius 3 is 2.45 bits per heavy atom. The summed E-state index contributed by atoms with van der Waals surface area (Å²) in [5, 5.41) is 11.7. The van der Waals surface area contributed by atoms with Gasteiger partial charge in [0.15, 0.2) is 6.61 Å². The summed E-state index contributed by atoms with van der Waals surface area (Å²) < 4.78 is 11.4. The number of carbonyl (C=O) groups excluding carboxylic acids is 1. The number of carbonyl (C=O) groups is 1. The van der Waals surface area contributed by atoms with Gasteiger partial charge < -0.3 is 24.1 Å². The molecule has 0 bridgehead atoms. The van der Waals surface area contributed by atoms with Gasteiger partial charge in [0, 0.05) is 25.2 Å². The van der Waals surface area contributed by atoms with Crippen LogP contribution in [0.1, 0.15) is 42.4 Å². The average Bonchev–Trinajstić information content (AvgIpc) is 3.22. The standard InChI is InChI=1S/C24H32N2O5/c1-16-12-19(22-17(2)18(3)23(28)31-20(22)13-16)30-14-21(27)26-10-6-24(29,7-11-26)15-25-8-4-5-9-25/h12-13,29H,4-11,14-15H2,1-3H3. The van der Waals surface area contributed by atoms with Gasteiger partial charge in [0.1, 0.15) is 11.3 Å². The third-order valence-corrected chi connectivity index (χ3v) is 6.77. The zero-order chi connectivity index (χ0) is 22.2. The second kappa shape index (κ2) is 8.63. The van der Waals surface area contributed by atoms with Gasteiger partial charge in [-0.05, 0) is 82.8 Å². The second-order valence-corrected chi connectivity index (χ2v) is 9.15. The van der Waals surface area contributed by atoms with Gasteiger partial charge in [-0.2, -0.15) is 0 Å². The summed E-state index contributed by atoms with van der Waals surface area (Å²) in [6.45, 7) is 9.30. The molecule has 2 aliphatic rings. The molecule has 2 aromatic rings. The molecule has 2 saturated heterocycles. The monoisotopic (exact) mass is 428 g/mol. The minimum Gasteiger partial charge on any atom is -0.483 e. The molecule has 0 atom stereocenters. The van der Waals surface area contributed by atoms with E-state index in [-0.39, 0.29) is 18.1 Å². The maximum atomic E-state index is 12.8. The van der Waals surface area contributed by atoms with Crippen LogP contribution in [0, 0.1) is 20.8 Å². The maximum absolute atomic E-state index is 12.8. The number of ether oxygens (including phenoxy) is 1. The van der Waals surface area contributed by atoms with Gasteiger partial charge >= 0.3 is 5.63 Å². The third kappa shape index (κ3) is 4.62. The van der Waals surface area contributed by atoms with Crippen LogP contribution in [0.15, 0.2) is 21.3 Å². The van der Waals surface area contributed by atoms with Crippen LogP contribution in [0.2, 0.25) is 0 Å². The highest BCUT2D eigenvalue weighted by Gasteiger charge is 2.36. The number of hydrogen-bond donors (Lipinski definition) is 1. The van der Waals surface area contributed by atoms with Crippen LogP contribution >= 0.6 is 0 Å². The van der Waals surface area contributed by atoms with Crippen molar-refractivity contribution in [2.45, 2.75) is 52.1 Å².